The number of aromatic nitrogens is 1. The number of ether oxygens (including phenoxy) is 1. The van der Waals surface area contributed by atoms with Gasteiger partial charge in [-0.1, -0.05) is 11.6 Å². The molecule has 0 aliphatic heterocycles. The second-order valence-electron chi connectivity index (χ2n) is 3.31. The van der Waals surface area contributed by atoms with Gasteiger partial charge in [-0.15, -0.1) is 0 Å². The molecule has 0 unspecified atom stereocenters. The first kappa shape index (κ1) is 8.78. The summed E-state index contributed by atoms with van der Waals surface area (Å²) in [5, 5.41) is 0.598. The number of pyridine rings is 1. The third-order valence-electron chi connectivity index (χ3n) is 2.11. The summed E-state index contributed by atoms with van der Waals surface area (Å²) in [5.41, 5.74) is 5.63. The molecule has 2 N–H and O–H groups in total. The van der Waals surface area contributed by atoms with Crippen LogP contribution in [0.15, 0.2) is 18.5 Å². The second-order valence-corrected chi connectivity index (χ2v) is 3.75. The van der Waals surface area contributed by atoms with Crippen LogP contribution in [0.25, 0.3) is 0 Å². The smallest absolute Gasteiger partial charge is 0.139 e. The molecule has 1 fully saturated rings. The minimum atomic E-state index is 0.246. The molecule has 3 nitrogen and oxygen atoms in total. The molecule has 0 bridgehead atoms. The molecule has 1 aromatic rings. The molecule has 0 radical (unpaired) electrons. The summed E-state index contributed by atoms with van der Waals surface area (Å²) in [5.74, 6) is 0.726. The molecule has 0 atom stereocenters. The van der Waals surface area contributed by atoms with Crippen LogP contribution in [-0.2, 0) is 0 Å². The van der Waals surface area contributed by atoms with E-state index >= 15 is 0 Å². The Kier molecular flexibility index (Phi) is 2.38. The minimum Gasteiger partial charge on any atom is -0.489 e. The first-order valence-electron chi connectivity index (χ1n) is 4.27. The predicted molar refractivity (Wildman–Crippen MR) is 50.9 cm³/mol. The predicted octanol–water partition coefficient (Wildman–Crippen LogP) is 1.60. The number of nitrogens with zero attached hydrogens (tertiary/aromatic N) is 1. The molecule has 1 aliphatic carbocycles. The minimum absolute atomic E-state index is 0.246. The fourth-order valence-corrected chi connectivity index (χ4v) is 1.52. The Morgan fingerprint density at radius 2 is 2.23 bits per heavy atom. The monoisotopic (exact) mass is 198 g/mol. The molecule has 4 heteroatoms. The van der Waals surface area contributed by atoms with E-state index in [1.807, 2.05) is 0 Å². The molecular weight excluding hydrogens is 188 g/mol. The number of rotatable bonds is 2. The van der Waals surface area contributed by atoms with Crippen molar-refractivity contribution in [2.75, 3.05) is 0 Å². The van der Waals surface area contributed by atoms with Gasteiger partial charge in [-0.3, -0.25) is 4.98 Å². The van der Waals surface area contributed by atoms with Crippen LogP contribution in [0.2, 0.25) is 5.02 Å². The van der Waals surface area contributed by atoms with Crippen LogP contribution in [0.4, 0.5) is 0 Å². The molecule has 70 valence electrons. The van der Waals surface area contributed by atoms with Gasteiger partial charge >= 0.3 is 0 Å². The summed E-state index contributed by atoms with van der Waals surface area (Å²) in [6, 6.07) is 2.07. The Labute approximate surface area is 81.9 Å². The van der Waals surface area contributed by atoms with Crippen LogP contribution in [0.1, 0.15) is 12.8 Å². The first-order valence-corrected chi connectivity index (χ1v) is 4.64. The lowest BCUT2D eigenvalue weighted by molar-refractivity contribution is 0.100. The van der Waals surface area contributed by atoms with Gasteiger partial charge in [0.1, 0.15) is 11.9 Å². The van der Waals surface area contributed by atoms with Crippen LogP contribution in [-0.4, -0.2) is 17.1 Å². The largest absolute Gasteiger partial charge is 0.489 e. The number of hydrogen-bond acceptors (Lipinski definition) is 3. The number of halogens is 1. The molecule has 0 spiro atoms. The molecule has 1 aromatic heterocycles. The molecule has 0 aromatic carbocycles. The zero-order valence-corrected chi connectivity index (χ0v) is 7.87. The molecule has 13 heavy (non-hydrogen) atoms. The van der Waals surface area contributed by atoms with E-state index < -0.39 is 0 Å². The average molecular weight is 199 g/mol. The van der Waals surface area contributed by atoms with E-state index in [4.69, 9.17) is 22.1 Å². The van der Waals surface area contributed by atoms with E-state index in [9.17, 15) is 0 Å². The van der Waals surface area contributed by atoms with Gasteiger partial charge in [0.2, 0.25) is 0 Å². The molecule has 1 aliphatic rings. The summed E-state index contributed by atoms with van der Waals surface area (Å²) >= 11 is 5.75. The summed E-state index contributed by atoms with van der Waals surface area (Å²) in [7, 11) is 0. The van der Waals surface area contributed by atoms with Gasteiger partial charge in [-0.25, -0.2) is 0 Å². The highest BCUT2D eigenvalue weighted by Gasteiger charge is 2.27. The standard InChI is InChI=1S/C9H11ClN2O/c10-6-1-9(5-12-4-6)13-8-2-7(11)3-8/h1,4-5,7-8H,2-3,11H2. The van der Waals surface area contributed by atoms with Crippen LogP contribution < -0.4 is 10.5 Å². The zero-order chi connectivity index (χ0) is 9.26. The Morgan fingerprint density at radius 1 is 1.46 bits per heavy atom. The van der Waals surface area contributed by atoms with Gasteiger partial charge in [0.05, 0.1) is 11.2 Å². The zero-order valence-electron chi connectivity index (χ0n) is 7.11. The normalized spacial score (nSPS) is 26.6. The molecule has 0 amide bonds. The van der Waals surface area contributed by atoms with Gasteiger partial charge < -0.3 is 10.5 Å². The van der Waals surface area contributed by atoms with Crippen LogP contribution >= 0.6 is 11.6 Å². The van der Waals surface area contributed by atoms with Gasteiger partial charge in [0.15, 0.2) is 0 Å². The van der Waals surface area contributed by atoms with Gasteiger partial charge in [-0.05, 0) is 12.8 Å². The van der Waals surface area contributed by atoms with E-state index in [0.717, 1.165) is 18.6 Å². The number of hydrogen-bond donors (Lipinski definition) is 1. The third-order valence-corrected chi connectivity index (χ3v) is 2.32. The Bertz CT molecular complexity index is 299. The second kappa shape index (κ2) is 3.52. The molecule has 0 saturated heterocycles. The van der Waals surface area contributed by atoms with Crippen LogP contribution in [0.5, 0.6) is 5.75 Å². The lowest BCUT2D eigenvalue weighted by Crippen LogP contribution is -2.43. The molecule has 1 heterocycles. The van der Waals surface area contributed by atoms with E-state index in [1.165, 1.54) is 0 Å². The van der Waals surface area contributed by atoms with Gasteiger partial charge in [-0.2, -0.15) is 0 Å². The maximum Gasteiger partial charge on any atom is 0.139 e. The molecular formula is C9H11ClN2O. The van der Waals surface area contributed by atoms with Crippen molar-refractivity contribution in [2.45, 2.75) is 25.0 Å². The summed E-state index contributed by atoms with van der Waals surface area (Å²) in [6.45, 7) is 0. The van der Waals surface area contributed by atoms with Crippen molar-refractivity contribution >= 4 is 11.6 Å². The van der Waals surface area contributed by atoms with Crippen molar-refractivity contribution in [3.8, 4) is 5.75 Å². The average Bonchev–Trinajstić information content (AvgIpc) is 2.01. The summed E-state index contributed by atoms with van der Waals surface area (Å²) < 4.78 is 5.57. The summed E-state index contributed by atoms with van der Waals surface area (Å²) in [6.07, 6.45) is 5.34. The SMILES string of the molecule is NC1CC(Oc2cncc(Cl)c2)C1. The Balaban J connectivity index is 1.94. The lowest BCUT2D eigenvalue weighted by Gasteiger charge is -2.32. The van der Waals surface area contributed by atoms with Crippen molar-refractivity contribution in [1.29, 1.82) is 0 Å². The highest BCUT2D eigenvalue weighted by molar-refractivity contribution is 6.30. The van der Waals surface area contributed by atoms with Crippen molar-refractivity contribution in [1.82, 2.24) is 4.98 Å². The molecule has 2 rings (SSSR count). The Morgan fingerprint density at radius 3 is 2.85 bits per heavy atom. The molecule has 1 saturated carbocycles. The number of nitrogens with two attached hydrogens (primary N) is 1. The maximum absolute atomic E-state index is 5.75. The van der Waals surface area contributed by atoms with Crippen molar-refractivity contribution in [3.05, 3.63) is 23.5 Å². The first-order chi connectivity index (χ1) is 6.24. The van der Waals surface area contributed by atoms with Gasteiger partial charge in [0, 0.05) is 18.3 Å². The van der Waals surface area contributed by atoms with E-state index in [2.05, 4.69) is 4.98 Å². The van der Waals surface area contributed by atoms with Crippen molar-refractivity contribution in [3.63, 3.8) is 0 Å². The quantitative estimate of drug-likeness (QED) is 0.786. The van der Waals surface area contributed by atoms with E-state index in [0.29, 0.717) is 11.1 Å². The lowest BCUT2D eigenvalue weighted by atomic mass is 9.90. The van der Waals surface area contributed by atoms with Gasteiger partial charge in [0.25, 0.3) is 0 Å². The van der Waals surface area contributed by atoms with E-state index in [-0.39, 0.29) is 6.10 Å². The fourth-order valence-electron chi connectivity index (χ4n) is 1.35. The Hall–Kier alpha value is -0.800. The van der Waals surface area contributed by atoms with Crippen molar-refractivity contribution < 1.29 is 4.74 Å². The summed E-state index contributed by atoms with van der Waals surface area (Å²) in [4.78, 5) is 3.93. The maximum atomic E-state index is 5.75. The van der Waals surface area contributed by atoms with Crippen molar-refractivity contribution in [2.24, 2.45) is 5.73 Å². The highest BCUT2D eigenvalue weighted by Crippen LogP contribution is 2.25. The highest BCUT2D eigenvalue weighted by atomic mass is 35.5. The topological polar surface area (TPSA) is 48.1 Å². The fraction of sp³-hybridized carbons (Fsp3) is 0.444. The van der Waals surface area contributed by atoms with E-state index in [1.54, 1.807) is 18.5 Å². The third kappa shape index (κ3) is 2.11. The van der Waals surface area contributed by atoms with Crippen LogP contribution in [0, 0.1) is 0 Å². The van der Waals surface area contributed by atoms with Crippen LogP contribution in [0.3, 0.4) is 0 Å².